The molecule has 0 saturated carbocycles. The normalized spacial score (nSPS) is 12.2. The Hall–Kier alpha value is -1.62. The average Bonchev–Trinajstić information content (AvgIpc) is 2.16. The summed E-state index contributed by atoms with van der Waals surface area (Å²) in [6.45, 7) is 1.57. The number of nitrogens with zero attached hydrogens (tertiary/aromatic N) is 1. The van der Waals surface area contributed by atoms with E-state index in [-0.39, 0.29) is 5.69 Å². The van der Waals surface area contributed by atoms with Crippen LogP contribution in [0.5, 0.6) is 0 Å². The Morgan fingerprint density at radius 3 is 2.64 bits per heavy atom. The van der Waals surface area contributed by atoms with Crippen molar-refractivity contribution >= 4 is 11.4 Å². The summed E-state index contributed by atoms with van der Waals surface area (Å²) in [6, 6.07) is 4.61. The number of anilines is 1. The van der Waals surface area contributed by atoms with E-state index < -0.39 is 11.0 Å². The van der Waals surface area contributed by atoms with Crippen molar-refractivity contribution in [3.8, 4) is 0 Å². The van der Waals surface area contributed by atoms with Gasteiger partial charge in [-0.3, -0.25) is 10.1 Å². The molecule has 0 aliphatic rings. The molecule has 0 saturated heterocycles. The fraction of sp³-hybridized carbons (Fsp3) is 0.333. The highest BCUT2D eigenvalue weighted by Gasteiger charge is 2.14. The van der Waals surface area contributed by atoms with E-state index in [0.717, 1.165) is 0 Å². The van der Waals surface area contributed by atoms with Gasteiger partial charge in [-0.25, -0.2) is 0 Å². The first-order chi connectivity index (χ1) is 6.56. The van der Waals surface area contributed by atoms with Crippen LogP contribution in [0, 0.1) is 10.1 Å². The van der Waals surface area contributed by atoms with Crippen LogP contribution >= 0.6 is 0 Å². The Bertz CT molecular complexity index is 350. The van der Waals surface area contributed by atoms with E-state index in [0.29, 0.717) is 11.3 Å². The van der Waals surface area contributed by atoms with Crippen LogP contribution in [-0.2, 0) is 0 Å². The van der Waals surface area contributed by atoms with Gasteiger partial charge in [-0.2, -0.15) is 0 Å². The number of nitrogens with one attached hydrogen (secondary N) is 1. The molecule has 5 heteroatoms. The highest BCUT2D eigenvalue weighted by Crippen LogP contribution is 2.27. The largest absolute Gasteiger partial charge is 0.389 e. The summed E-state index contributed by atoms with van der Waals surface area (Å²) < 4.78 is 0. The molecule has 1 aromatic carbocycles. The minimum atomic E-state index is -0.695. The van der Waals surface area contributed by atoms with E-state index >= 15 is 0 Å². The van der Waals surface area contributed by atoms with Gasteiger partial charge in [-0.05, 0) is 18.6 Å². The van der Waals surface area contributed by atoms with E-state index in [2.05, 4.69) is 5.32 Å². The number of nitro groups is 1. The molecule has 0 aliphatic heterocycles. The van der Waals surface area contributed by atoms with Crippen molar-refractivity contribution in [3.63, 3.8) is 0 Å². The molecule has 1 atom stereocenters. The highest BCUT2D eigenvalue weighted by atomic mass is 16.6. The molecule has 76 valence electrons. The van der Waals surface area contributed by atoms with Gasteiger partial charge in [-0.15, -0.1) is 0 Å². The predicted molar refractivity (Wildman–Crippen MR) is 53.3 cm³/mol. The summed E-state index contributed by atoms with van der Waals surface area (Å²) in [5, 5.41) is 22.6. The predicted octanol–water partition coefficient (Wildman–Crippen LogP) is 1.69. The van der Waals surface area contributed by atoms with Gasteiger partial charge < -0.3 is 10.4 Å². The fourth-order valence-electron chi connectivity index (χ4n) is 1.17. The molecule has 0 amide bonds. The van der Waals surface area contributed by atoms with E-state index in [1.54, 1.807) is 26.1 Å². The number of aliphatic hydroxyl groups is 1. The molecule has 1 rings (SSSR count). The molecule has 1 aromatic rings. The maximum Gasteiger partial charge on any atom is 0.292 e. The lowest BCUT2D eigenvalue weighted by Crippen LogP contribution is -1.99. The van der Waals surface area contributed by atoms with Gasteiger partial charge in [0.1, 0.15) is 5.69 Å². The van der Waals surface area contributed by atoms with Crippen molar-refractivity contribution in [2.75, 3.05) is 12.4 Å². The number of benzene rings is 1. The average molecular weight is 196 g/mol. The molecule has 0 fully saturated rings. The molecule has 0 heterocycles. The lowest BCUT2D eigenvalue weighted by Gasteiger charge is -2.06. The minimum absolute atomic E-state index is 0.0223. The van der Waals surface area contributed by atoms with Crippen molar-refractivity contribution < 1.29 is 10.0 Å². The van der Waals surface area contributed by atoms with E-state index in [4.69, 9.17) is 0 Å². The second kappa shape index (κ2) is 4.06. The molecule has 0 radical (unpaired) electrons. The summed E-state index contributed by atoms with van der Waals surface area (Å²) in [7, 11) is 1.62. The number of hydrogen-bond acceptors (Lipinski definition) is 4. The van der Waals surface area contributed by atoms with Gasteiger partial charge in [0.25, 0.3) is 5.69 Å². The Balaban J connectivity index is 3.21. The summed E-state index contributed by atoms with van der Waals surface area (Å²) in [4.78, 5) is 10.2. The third-order valence-corrected chi connectivity index (χ3v) is 1.97. The van der Waals surface area contributed by atoms with Gasteiger partial charge in [0.15, 0.2) is 0 Å². The quantitative estimate of drug-likeness (QED) is 0.569. The van der Waals surface area contributed by atoms with E-state index in [1.807, 2.05) is 0 Å². The lowest BCUT2D eigenvalue weighted by molar-refractivity contribution is -0.384. The maximum absolute atomic E-state index is 10.6. The van der Waals surface area contributed by atoms with Crippen molar-refractivity contribution in [1.29, 1.82) is 0 Å². The smallest absolute Gasteiger partial charge is 0.292 e. The Labute approximate surface area is 81.5 Å². The molecular formula is C9H12N2O3. The second-order valence-corrected chi connectivity index (χ2v) is 2.96. The van der Waals surface area contributed by atoms with Gasteiger partial charge in [0, 0.05) is 13.1 Å². The molecular weight excluding hydrogens is 184 g/mol. The van der Waals surface area contributed by atoms with Crippen LogP contribution in [0.3, 0.4) is 0 Å². The van der Waals surface area contributed by atoms with Gasteiger partial charge in [0.2, 0.25) is 0 Å². The number of nitro benzene ring substituents is 1. The molecule has 0 spiro atoms. The molecule has 0 aromatic heterocycles. The molecule has 5 nitrogen and oxygen atoms in total. The molecule has 0 unspecified atom stereocenters. The Morgan fingerprint density at radius 2 is 2.21 bits per heavy atom. The fourth-order valence-corrected chi connectivity index (χ4v) is 1.17. The first-order valence-electron chi connectivity index (χ1n) is 4.20. The van der Waals surface area contributed by atoms with Gasteiger partial charge in [0.05, 0.1) is 11.0 Å². The first kappa shape index (κ1) is 10.5. The van der Waals surface area contributed by atoms with Crippen molar-refractivity contribution in [2.24, 2.45) is 0 Å². The van der Waals surface area contributed by atoms with Crippen LogP contribution in [0.1, 0.15) is 18.6 Å². The van der Waals surface area contributed by atoms with Gasteiger partial charge in [-0.1, -0.05) is 6.07 Å². The summed E-state index contributed by atoms with van der Waals surface area (Å²) in [5.41, 5.74) is 0.959. The maximum atomic E-state index is 10.6. The van der Waals surface area contributed by atoms with Crippen LogP contribution in [0.2, 0.25) is 0 Å². The van der Waals surface area contributed by atoms with Crippen LogP contribution < -0.4 is 5.32 Å². The number of aliphatic hydroxyl groups excluding tert-OH is 1. The highest BCUT2D eigenvalue weighted by molar-refractivity contribution is 5.62. The third-order valence-electron chi connectivity index (χ3n) is 1.97. The van der Waals surface area contributed by atoms with Crippen molar-refractivity contribution in [2.45, 2.75) is 13.0 Å². The monoisotopic (exact) mass is 196 g/mol. The van der Waals surface area contributed by atoms with Crippen molar-refractivity contribution in [3.05, 3.63) is 33.9 Å². The SMILES string of the molecule is CNc1ccc([C@@H](C)O)cc1[N+](=O)[O-]. The lowest BCUT2D eigenvalue weighted by atomic mass is 10.1. The van der Waals surface area contributed by atoms with Crippen LogP contribution in [0.15, 0.2) is 18.2 Å². The summed E-state index contributed by atoms with van der Waals surface area (Å²) >= 11 is 0. The Morgan fingerprint density at radius 1 is 1.57 bits per heavy atom. The second-order valence-electron chi connectivity index (χ2n) is 2.96. The number of rotatable bonds is 3. The zero-order valence-corrected chi connectivity index (χ0v) is 8.02. The summed E-state index contributed by atoms with van der Waals surface area (Å²) in [6.07, 6.45) is -0.695. The molecule has 14 heavy (non-hydrogen) atoms. The molecule has 0 aliphatic carbocycles. The topological polar surface area (TPSA) is 75.4 Å². The minimum Gasteiger partial charge on any atom is -0.389 e. The zero-order chi connectivity index (χ0) is 10.7. The first-order valence-corrected chi connectivity index (χ1v) is 4.20. The zero-order valence-electron chi connectivity index (χ0n) is 8.02. The van der Waals surface area contributed by atoms with E-state index in [1.165, 1.54) is 6.07 Å². The third kappa shape index (κ3) is 2.00. The van der Waals surface area contributed by atoms with Crippen molar-refractivity contribution in [1.82, 2.24) is 0 Å². The molecule has 2 N–H and O–H groups in total. The van der Waals surface area contributed by atoms with Crippen LogP contribution in [0.25, 0.3) is 0 Å². The van der Waals surface area contributed by atoms with E-state index in [9.17, 15) is 15.2 Å². The van der Waals surface area contributed by atoms with Crippen LogP contribution in [0.4, 0.5) is 11.4 Å². The standard InChI is InChI=1S/C9H12N2O3/c1-6(12)7-3-4-8(10-2)9(5-7)11(13)14/h3-6,10,12H,1-2H3/t6-/m1/s1. The molecule has 0 bridgehead atoms. The Kier molecular flexibility index (Phi) is 3.03. The van der Waals surface area contributed by atoms with Crippen LogP contribution in [-0.4, -0.2) is 17.1 Å². The van der Waals surface area contributed by atoms with Gasteiger partial charge >= 0.3 is 0 Å². The summed E-state index contributed by atoms with van der Waals surface area (Å²) in [5.74, 6) is 0. The number of hydrogen-bond donors (Lipinski definition) is 2.